The molecule has 1 aliphatic rings. The van der Waals surface area contributed by atoms with Crippen LogP contribution in [0.4, 0.5) is 22.0 Å². The van der Waals surface area contributed by atoms with Crippen molar-refractivity contribution in [2.45, 2.75) is 78.1 Å². The van der Waals surface area contributed by atoms with Crippen LogP contribution in [-0.2, 0) is 6.42 Å². The second-order valence-corrected chi connectivity index (χ2v) is 9.17. The molecule has 0 bridgehead atoms. The van der Waals surface area contributed by atoms with E-state index in [1.165, 1.54) is 12.1 Å². The maximum atomic E-state index is 15.0. The number of aryl methyl sites for hydroxylation is 1. The summed E-state index contributed by atoms with van der Waals surface area (Å²) in [5.41, 5.74) is -0.471. The zero-order valence-corrected chi connectivity index (χ0v) is 19.5. The van der Waals surface area contributed by atoms with Gasteiger partial charge >= 0.3 is 0 Å². The topological polar surface area (TPSA) is 0 Å². The summed E-state index contributed by atoms with van der Waals surface area (Å²) in [6.07, 6.45) is 11.6. The van der Waals surface area contributed by atoms with Crippen molar-refractivity contribution in [3.05, 3.63) is 64.8 Å². The Morgan fingerprint density at radius 3 is 2.36 bits per heavy atom. The monoisotopic (exact) mass is 464 g/mol. The molecule has 0 saturated heterocycles. The van der Waals surface area contributed by atoms with Gasteiger partial charge in [0.1, 0.15) is 11.6 Å². The van der Waals surface area contributed by atoms with E-state index in [2.05, 4.69) is 6.08 Å². The zero-order valence-electron chi connectivity index (χ0n) is 19.5. The highest BCUT2D eigenvalue weighted by Crippen LogP contribution is 2.40. The van der Waals surface area contributed by atoms with Gasteiger partial charge in [0, 0.05) is 5.92 Å². The molecule has 0 unspecified atom stereocenters. The highest BCUT2D eigenvalue weighted by Gasteiger charge is 2.29. The number of hydrogen-bond donors (Lipinski definition) is 0. The summed E-state index contributed by atoms with van der Waals surface area (Å²) < 4.78 is 74.4. The van der Waals surface area contributed by atoms with Crippen molar-refractivity contribution in [1.82, 2.24) is 0 Å². The molecule has 0 nitrogen and oxygen atoms in total. The third-order valence-corrected chi connectivity index (χ3v) is 6.88. The largest absolute Gasteiger partial charge is 0.208 e. The second-order valence-electron chi connectivity index (χ2n) is 9.17. The van der Waals surface area contributed by atoms with Gasteiger partial charge in [-0.3, -0.25) is 0 Å². The third-order valence-electron chi connectivity index (χ3n) is 6.88. The first-order valence-corrected chi connectivity index (χ1v) is 12.1. The first-order chi connectivity index (χ1) is 15.9. The maximum absolute atomic E-state index is 15.0. The van der Waals surface area contributed by atoms with Gasteiger partial charge in [0.15, 0.2) is 17.5 Å². The van der Waals surface area contributed by atoms with E-state index in [-0.39, 0.29) is 5.39 Å². The minimum atomic E-state index is -1.54. The van der Waals surface area contributed by atoms with E-state index in [1.807, 2.05) is 19.9 Å². The van der Waals surface area contributed by atoms with Crippen LogP contribution in [0.5, 0.6) is 0 Å². The molecule has 0 heterocycles. The summed E-state index contributed by atoms with van der Waals surface area (Å²) in [6.45, 7) is 3.99. The summed E-state index contributed by atoms with van der Waals surface area (Å²) in [7, 11) is 0. The molecule has 180 valence electrons. The minimum Gasteiger partial charge on any atom is -0.208 e. The lowest BCUT2D eigenvalue weighted by Gasteiger charge is -2.27. The first-order valence-electron chi connectivity index (χ1n) is 12.1. The van der Waals surface area contributed by atoms with E-state index in [0.717, 1.165) is 51.0 Å². The number of allylic oxidation sites excluding steroid dienone is 3. The van der Waals surface area contributed by atoms with Gasteiger partial charge in [0.2, 0.25) is 0 Å². The normalized spacial score (nSPS) is 20.0. The quantitative estimate of drug-likeness (QED) is 0.197. The van der Waals surface area contributed by atoms with E-state index >= 15 is 4.39 Å². The van der Waals surface area contributed by atoms with Crippen LogP contribution in [0.3, 0.4) is 0 Å². The molecule has 5 heteroatoms. The standard InChI is InChI=1S/C28H33F5/c1-3-5-7-9-18-11-13-20(14-12-18)25(30)26(31)22-17-21-16-15-19(10-8-6-4-2)24(29)23(21)28(33)27(22)32/h3,5,15-18,20H,4,6-14H2,1-2H3/b5-3+,26-25?. The van der Waals surface area contributed by atoms with Crippen molar-refractivity contribution in [1.29, 1.82) is 0 Å². The summed E-state index contributed by atoms with van der Waals surface area (Å²) in [4.78, 5) is 0. The van der Waals surface area contributed by atoms with Gasteiger partial charge in [0.25, 0.3) is 0 Å². The number of fused-ring (bicyclic) bond motifs is 1. The molecular weight excluding hydrogens is 431 g/mol. The van der Waals surface area contributed by atoms with Gasteiger partial charge in [-0.05, 0) is 81.2 Å². The average molecular weight is 465 g/mol. The molecule has 1 fully saturated rings. The van der Waals surface area contributed by atoms with Crippen LogP contribution in [0.1, 0.15) is 82.8 Å². The van der Waals surface area contributed by atoms with Gasteiger partial charge in [-0.25, -0.2) is 22.0 Å². The van der Waals surface area contributed by atoms with Crippen LogP contribution in [0, 0.1) is 29.3 Å². The molecule has 0 aromatic heterocycles. The lowest BCUT2D eigenvalue weighted by molar-refractivity contribution is 0.263. The summed E-state index contributed by atoms with van der Waals surface area (Å²) >= 11 is 0. The van der Waals surface area contributed by atoms with Crippen LogP contribution in [0.2, 0.25) is 0 Å². The first kappa shape index (κ1) is 25.5. The average Bonchev–Trinajstić information content (AvgIpc) is 2.82. The minimum absolute atomic E-state index is 0.0243. The summed E-state index contributed by atoms with van der Waals surface area (Å²) in [5.74, 6) is -6.41. The Bertz CT molecular complexity index is 1010. The molecule has 0 N–H and O–H groups in total. The van der Waals surface area contributed by atoms with E-state index in [1.54, 1.807) is 0 Å². The van der Waals surface area contributed by atoms with Crippen LogP contribution in [-0.4, -0.2) is 0 Å². The van der Waals surface area contributed by atoms with E-state index in [4.69, 9.17) is 0 Å². The fraction of sp³-hybridized carbons (Fsp3) is 0.500. The fourth-order valence-electron chi connectivity index (χ4n) is 4.85. The molecule has 3 rings (SSSR count). The van der Waals surface area contributed by atoms with Gasteiger partial charge in [-0.2, -0.15) is 0 Å². The number of rotatable bonds is 9. The maximum Gasteiger partial charge on any atom is 0.170 e. The van der Waals surface area contributed by atoms with E-state index in [9.17, 15) is 17.6 Å². The molecular formula is C28H33F5. The molecule has 33 heavy (non-hydrogen) atoms. The molecule has 0 aliphatic heterocycles. The summed E-state index contributed by atoms with van der Waals surface area (Å²) in [5, 5.41) is -0.476. The number of halogens is 5. The molecule has 0 amide bonds. The molecule has 0 spiro atoms. The Morgan fingerprint density at radius 1 is 0.970 bits per heavy atom. The third kappa shape index (κ3) is 5.85. The van der Waals surface area contributed by atoms with Gasteiger partial charge in [0.05, 0.1) is 10.9 Å². The van der Waals surface area contributed by atoms with Crippen LogP contribution in [0.25, 0.3) is 16.6 Å². The van der Waals surface area contributed by atoms with Crippen LogP contribution >= 0.6 is 0 Å². The lowest BCUT2D eigenvalue weighted by atomic mass is 9.79. The van der Waals surface area contributed by atoms with Crippen LogP contribution < -0.4 is 0 Å². The van der Waals surface area contributed by atoms with Crippen LogP contribution in [0.15, 0.2) is 36.2 Å². The molecule has 0 radical (unpaired) electrons. The zero-order chi connectivity index (χ0) is 24.0. The molecule has 1 aliphatic carbocycles. The summed E-state index contributed by atoms with van der Waals surface area (Å²) in [6, 6.07) is 3.98. The SMILES string of the molecule is C/C=C/CCC1CCC(C(F)=C(F)c2cc3ccc(CCCCC)c(F)c3c(F)c2F)CC1. The van der Waals surface area contributed by atoms with Gasteiger partial charge < -0.3 is 0 Å². The Kier molecular flexibility index (Phi) is 9.10. The van der Waals surface area contributed by atoms with Crippen molar-refractivity contribution in [3.63, 3.8) is 0 Å². The smallest absolute Gasteiger partial charge is 0.170 e. The van der Waals surface area contributed by atoms with Crippen molar-refractivity contribution in [2.24, 2.45) is 11.8 Å². The molecule has 2 aromatic rings. The molecule has 1 saturated carbocycles. The number of hydrogen-bond acceptors (Lipinski definition) is 0. The predicted octanol–water partition coefficient (Wildman–Crippen LogP) is 9.76. The van der Waals surface area contributed by atoms with Crippen molar-refractivity contribution in [2.75, 3.05) is 0 Å². The predicted molar refractivity (Wildman–Crippen MR) is 126 cm³/mol. The van der Waals surface area contributed by atoms with E-state index < -0.39 is 46.0 Å². The van der Waals surface area contributed by atoms with Crippen molar-refractivity contribution < 1.29 is 22.0 Å². The highest BCUT2D eigenvalue weighted by atomic mass is 19.2. The van der Waals surface area contributed by atoms with Crippen molar-refractivity contribution >= 4 is 16.6 Å². The van der Waals surface area contributed by atoms with E-state index in [0.29, 0.717) is 30.7 Å². The lowest BCUT2D eigenvalue weighted by Crippen LogP contribution is -2.15. The Balaban J connectivity index is 1.84. The number of benzene rings is 2. The number of unbranched alkanes of at least 4 members (excludes halogenated alkanes) is 2. The Hall–Kier alpha value is -2.17. The fourth-order valence-corrected chi connectivity index (χ4v) is 4.85. The second kappa shape index (κ2) is 11.8. The Morgan fingerprint density at radius 2 is 1.70 bits per heavy atom. The molecule has 0 atom stereocenters. The Labute approximate surface area is 193 Å². The highest BCUT2D eigenvalue weighted by molar-refractivity contribution is 5.88. The van der Waals surface area contributed by atoms with Crippen molar-refractivity contribution in [3.8, 4) is 0 Å². The molecule has 2 aromatic carbocycles. The van der Waals surface area contributed by atoms with Gasteiger partial charge in [-0.15, -0.1) is 0 Å². The van der Waals surface area contributed by atoms with Gasteiger partial charge in [-0.1, -0.05) is 44.1 Å².